The van der Waals surface area contributed by atoms with E-state index in [1.165, 1.54) is 7.11 Å². The van der Waals surface area contributed by atoms with Gasteiger partial charge in [0.05, 0.1) is 12.5 Å². The summed E-state index contributed by atoms with van der Waals surface area (Å²) in [5.74, 6) is -1.48. The van der Waals surface area contributed by atoms with Gasteiger partial charge in [0.15, 0.2) is 6.61 Å². The molecule has 1 aromatic rings. The van der Waals surface area contributed by atoms with E-state index in [0.717, 1.165) is 18.4 Å². The van der Waals surface area contributed by atoms with Gasteiger partial charge in [-0.05, 0) is 24.3 Å². The van der Waals surface area contributed by atoms with Crippen molar-refractivity contribution in [3.8, 4) is 0 Å². The standard InChI is InChI=1S/C19H25NO5/c1-4-13(2)16(17(22)24-3)20-15(21)12-25-18(23)19(10-11-19)14-8-6-5-7-9-14/h5-9,13,16H,4,10-12H2,1-3H3,(H,20,21)/t13-,16-/m1/s1. The van der Waals surface area contributed by atoms with Gasteiger partial charge in [-0.3, -0.25) is 9.59 Å². The molecule has 6 heteroatoms. The molecule has 1 N–H and O–H groups in total. The number of carbonyl (C=O) groups excluding carboxylic acids is 3. The first-order chi connectivity index (χ1) is 11.9. The van der Waals surface area contributed by atoms with Crippen molar-refractivity contribution in [1.82, 2.24) is 5.32 Å². The Morgan fingerprint density at radius 2 is 1.84 bits per heavy atom. The van der Waals surface area contributed by atoms with Crippen molar-refractivity contribution < 1.29 is 23.9 Å². The highest BCUT2D eigenvalue weighted by atomic mass is 16.5. The average Bonchev–Trinajstić information content (AvgIpc) is 3.45. The first-order valence-corrected chi connectivity index (χ1v) is 8.54. The molecule has 0 bridgehead atoms. The van der Waals surface area contributed by atoms with Crippen molar-refractivity contribution in [3.05, 3.63) is 35.9 Å². The molecule has 1 amide bonds. The van der Waals surface area contributed by atoms with Crippen LogP contribution in [-0.4, -0.2) is 37.6 Å². The average molecular weight is 347 g/mol. The maximum atomic E-state index is 12.4. The summed E-state index contributed by atoms with van der Waals surface area (Å²) >= 11 is 0. The van der Waals surface area contributed by atoms with Crippen LogP contribution >= 0.6 is 0 Å². The second kappa shape index (κ2) is 8.14. The molecule has 0 spiro atoms. The van der Waals surface area contributed by atoms with Gasteiger partial charge in [0.2, 0.25) is 0 Å². The van der Waals surface area contributed by atoms with Gasteiger partial charge in [-0.1, -0.05) is 50.6 Å². The predicted molar refractivity (Wildman–Crippen MR) is 91.7 cm³/mol. The highest BCUT2D eigenvalue weighted by molar-refractivity contribution is 5.90. The van der Waals surface area contributed by atoms with Crippen LogP contribution in [0.25, 0.3) is 0 Å². The number of rotatable bonds is 8. The Morgan fingerprint density at radius 1 is 1.20 bits per heavy atom. The summed E-state index contributed by atoms with van der Waals surface area (Å²) in [6.07, 6.45) is 2.14. The second-order valence-electron chi connectivity index (χ2n) is 6.48. The van der Waals surface area contributed by atoms with E-state index in [2.05, 4.69) is 5.32 Å². The molecule has 0 unspecified atom stereocenters. The van der Waals surface area contributed by atoms with Crippen LogP contribution in [0.4, 0.5) is 0 Å². The molecule has 1 aromatic carbocycles. The molecule has 6 nitrogen and oxygen atoms in total. The Labute approximate surface area is 147 Å². The van der Waals surface area contributed by atoms with Gasteiger partial charge < -0.3 is 14.8 Å². The van der Waals surface area contributed by atoms with Gasteiger partial charge in [-0.25, -0.2) is 4.79 Å². The van der Waals surface area contributed by atoms with E-state index in [4.69, 9.17) is 9.47 Å². The van der Waals surface area contributed by atoms with Crippen molar-refractivity contribution in [2.45, 2.75) is 44.6 Å². The van der Waals surface area contributed by atoms with E-state index < -0.39 is 35.9 Å². The number of amides is 1. The number of benzene rings is 1. The summed E-state index contributed by atoms with van der Waals surface area (Å²) in [7, 11) is 1.28. The third kappa shape index (κ3) is 4.38. The fourth-order valence-corrected chi connectivity index (χ4v) is 2.77. The molecule has 136 valence electrons. The SMILES string of the molecule is CC[C@@H](C)[C@@H](NC(=O)COC(=O)C1(c2ccccc2)CC1)C(=O)OC. The molecule has 2 atom stereocenters. The van der Waals surface area contributed by atoms with Crippen molar-refractivity contribution in [1.29, 1.82) is 0 Å². The monoisotopic (exact) mass is 347 g/mol. The summed E-state index contributed by atoms with van der Waals surface area (Å²) in [6, 6.07) is 8.69. The van der Waals surface area contributed by atoms with E-state index in [0.29, 0.717) is 6.42 Å². The molecule has 1 aliphatic carbocycles. The molecule has 1 aliphatic rings. The van der Waals surface area contributed by atoms with Crippen molar-refractivity contribution in [2.24, 2.45) is 5.92 Å². The van der Waals surface area contributed by atoms with Crippen molar-refractivity contribution in [2.75, 3.05) is 13.7 Å². The van der Waals surface area contributed by atoms with E-state index >= 15 is 0 Å². The minimum atomic E-state index is -0.745. The molecule has 0 heterocycles. The van der Waals surface area contributed by atoms with Crippen LogP contribution in [0.3, 0.4) is 0 Å². The van der Waals surface area contributed by atoms with E-state index in [9.17, 15) is 14.4 Å². The molecule has 0 aliphatic heterocycles. The van der Waals surface area contributed by atoms with Crippen LogP contribution in [0.5, 0.6) is 0 Å². The first kappa shape index (κ1) is 19.0. The zero-order valence-electron chi connectivity index (χ0n) is 14.9. The number of hydrogen-bond donors (Lipinski definition) is 1. The topological polar surface area (TPSA) is 81.7 Å². The second-order valence-corrected chi connectivity index (χ2v) is 6.48. The van der Waals surface area contributed by atoms with Crippen LogP contribution in [0.15, 0.2) is 30.3 Å². The highest BCUT2D eigenvalue weighted by Gasteiger charge is 2.52. The number of hydrogen-bond acceptors (Lipinski definition) is 5. The van der Waals surface area contributed by atoms with Crippen LogP contribution in [-0.2, 0) is 29.3 Å². The number of ether oxygens (including phenoxy) is 2. The Hall–Kier alpha value is -2.37. The first-order valence-electron chi connectivity index (χ1n) is 8.54. The molecular formula is C19H25NO5. The smallest absolute Gasteiger partial charge is 0.328 e. The molecule has 25 heavy (non-hydrogen) atoms. The minimum Gasteiger partial charge on any atom is -0.467 e. The van der Waals surface area contributed by atoms with Crippen LogP contribution in [0, 0.1) is 5.92 Å². The highest BCUT2D eigenvalue weighted by Crippen LogP contribution is 2.49. The van der Waals surface area contributed by atoms with Gasteiger partial charge in [-0.2, -0.15) is 0 Å². The Kier molecular flexibility index (Phi) is 6.17. The predicted octanol–water partition coefficient (Wildman–Crippen LogP) is 1.97. The molecule has 1 saturated carbocycles. The number of nitrogens with one attached hydrogen (secondary N) is 1. The van der Waals surface area contributed by atoms with Crippen LogP contribution in [0.2, 0.25) is 0 Å². The quantitative estimate of drug-likeness (QED) is 0.727. The zero-order valence-corrected chi connectivity index (χ0v) is 14.9. The fraction of sp³-hybridized carbons (Fsp3) is 0.526. The Bertz CT molecular complexity index is 624. The lowest BCUT2D eigenvalue weighted by atomic mass is 9.96. The molecular weight excluding hydrogens is 322 g/mol. The largest absolute Gasteiger partial charge is 0.467 e. The van der Waals surface area contributed by atoms with Crippen LogP contribution in [0.1, 0.15) is 38.7 Å². The third-order valence-corrected chi connectivity index (χ3v) is 4.79. The van der Waals surface area contributed by atoms with Gasteiger partial charge in [0.1, 0.15) is 6.04 Å². The fourth-order valence-electron chi connectivity index (χ4n) is 2.77. The molecule has 2 rings (SSSR count). The number of methoxy groups -OCH3 is 1. The lowest BCUT2D eigenvalue weighted by molar-refractivity contribution is -0.152. The lowest BCUT2D eigenvalue weighted by Crippen LogP contribution is -2.47. The number of esters is 2. The normalized spacial score (nSPS) is 17.1. The van der Waals surface area contributed by atoms with Crippen molar-refractivity contribution >= 4 is 17.8 Å². The van der Waals surface area contributed by atoms with E-state index in [-0.39, 0.29) is 5.92 Å². The van der Waals surface area contributed by atoms with Gasteiger partial charge in [-0.15, -0.1) is 0 Å². The maximum Gasteiger partial charge on any atom is 0.328 e. The van der Waals surface area contributed by atoms with E-state index in [1.807, 2.05) is 44.2 Å². The molecule has 0 radical (unpaired) electrons. The Morgan fingerprint density at radius 3 is 2.36 bits per heavy atom. The van der Waals surface area contributed by atoms with Gasteiger partial charge in [0, 0.05) is 0 Å². The third-order valence-electron chi connectivity index (χ3n) is 4.79. The number of carbonyl (C=O) groups is 3. The van der Waals surface area contributed by atoms with Crippen LogP contribution < -0.4 is 5.32 Å². The summed E-state index contributed by atoms with van der Waals surface area (Å²) in [6.45, 7) is 3.36. The van der Waals surface area contributed by atoms with E-state index in [1.54, 1.807) is 0 Å². The summed E-state index contributed by atoms with van der Waals surface area (Å²) < 4.78 is 9.93. The molecule has 0 saturated heterocycles. The summed E-state index contributed by atoms with van der Waals surface area (Å²) in [5, 5.41) is 2.59. The summed E-state index contributed by atoms with van der Waals surface area (Å²) in [4.78, 5) is 36.3. The Balaban J connectivity index is 1.91. The minimum absolute atomic E-state index is 0.0776. The van der Waals surface area contributed by atoms with Gasteiger partial charge >= 0.3 is 11.9 Å². The maximum absolute atomic E-state index is 12.4. The van der Waals surface area contributed by atoms with Gasteiger partial charge in [0.25, 0.3) is 5.91 Å². The zero-order chi connectivity index (χ0) is 18.4. The molecule has 1 fully saturated rings. The van der Waals surface area contributed by atoms with Crippen molar-refractivity contribution in [3.63, 3.8) is 0 Å². The summed E-state index contributed by atoms with van der Waals surface area (Å²) in [5.41, 5.74) is 0.285. The molecule has 0 aromatic heterocycles. The lowest BCUT2D eigenvalue weighted by Gasteiger charge is -2.22.